The summed E-state index contributed by atoms with van der Waals surface area (Å²) in [5, 5.41) is 9.01. The summed E-state index contributed by atoms with van der Waals surface area (Å²) in [6.07, 6.45) is 1.38. The second-order valence-electron chi connectivity index (χ2n) is 5.13. The number of benzene rings is 1. The molecule has 0 N–H and O–H groups in total. The van der Waals surface area contributed by atoms with Gasteiger partial charge in [-0.25, -0.2) is 8.42 Å². The Kier molecular flexibility index (Phi) is 3.93. The molecule has 19 heavy (non-hydrogen) atoms. The van der Waals surface area contributed by atoms with Gasteiger partial charge in [0.25, 0.3) is 0 Å². The third-order valence-corrected chi connectivity index (χ3v) is 5.43. The molecule has 0 radical (unpaired) electrons. The highest BCUT2D eigenvalue weighted by atomic mass is 32.2. The topological polar surface area (TPSA) is 61.2 Å². The predicted octanol–water partition coefficient (Wildman–Crippen LogP) is 2.49. The molecule has 0 aromatic heterocycles. The maximum atomic E-state index is 12.5. The Hall–Kier alpha value is -1.38. The lowest BCUT2D eigenvalue weighted by Crippen LogP contribution is -2.34. The van der Waals surface area contributed by atoms with Crippen molar-refractivity contribution in [2.24, 2.45) is 0 Å². The summed E-state index contributed by atoms with van der Waals surface area (Å²) in [5.74, 6) is 0.371. The Labute approximate surface area is 114 Å². The van der Waals surface area contributed by atoms with Crippen LogP contribution in [0, 0.1) is 11.3 Å². The quantitative estimate of drug-likeness (QED) is 0.853. The van der Waals surface area contributed by atoms with E-state index in [-0.39, 0.29) is 4.90 Å². The first kappa shape index (κ1) is 14.0. The molecule has 0 saturated carbocycles. The van der Waals surface area contributed by atoms with Gasteiger partial charge in [0.15, 0.2) is 0 Å². The van der Waals surface area contributed by atoms with Gasteiger partial charge in [-0.15, -0.1) is 0 Å². The van der Waals surface area contributed by atoms with E-state index in [1.165, 1.54) is 4.31 Å². The van der Waals surface area contributed by atoms with Crippen LogP contribution < -0.4 is 0 Å². The van der Waals surface area contributed by atoms with Crippen LogP contribution >= 0.6 is 0 Å². The van der Waals surface area contributed by atoms with Gasteiger partial charge in [-0.2, -0.15) is 9.57 Å². The van der Waals surface area contributed by atoms with Crippen LogP contribution in [-0.4, -0.2) is 25.3 Å². The number of sulfonamides is 1. The molecular weight excluding hydrogens is 260 g/mol. The van der Waals surface area contributed by atoms with Gasteiger partial charge in [-0.1, -0.05) is 26.0 Å². The normalized spacial score (nSPS) is 20.6. The number of rotatable bonds is 3. The zero-order valence-corrected chi connectivity index (χ0v) is 12.0. The van der Waals surface area contributed by atoms with Crippen LogP contribution in [-0.2, 0) is 10.0 Å². The van der Waals surface area contributed by atoms with E-state index >= 15 is 0 Å². The minimum atomic E-state index is -3.53. The van der Waals surface area contributed by atoms with Crippen molar-refractivity contribution in [3.63, 3.8) is 0 Å². The summed E-state index contributed by atoms with van der Waals surface area (Å²) in [5.41, 5.74) is 1.11. The molecule has 2 rings (SSSR count). The number of nitrogens with zero attached hydrogens (tertiary/aromatic N) is 2. The van der Waals surface area contributed by atoms with E-state index in [4.69, 9.17) is 5.26 Å². The maximum absolute atomic E-state index is 12.5. The molecule has 0 bridgehead atoms. The zero-order chi connectivity index (χ0) is 14.0. The van der Waals surface area contributed by atoms with Crippen molar-refractivity contribution >= 4 is 10.0 Å². The average Bonchev–Trinajstić information content (AvgIpc) is 2.87. The largest absolute Gasteiger partial charge is 0.244 e. The number of nitriles is 1. The van der Waals surface area contributed by atoms with E-state index in [2.05, 4.69) is 19.9 Å². The summed E-state index contributed by atoms with van der Waals surface area (Å²) in [6.45, 7) is 4.57. The third kappa shape index (κ3) is 2.65. The van der Waals surface area contributed by atoms with Gasteiger partial charge >= 0.3 is 0 Å². The van der Waals surface area contributed by atoms with Crippen LogP contribution in [0.1, 0.15) is 38.2 Å². The van der Waals surface area contributed by atoms with E-state index in [0.29, 0.717) is 18.9 Å². The fraction of sp³-hybridized carbons (Fsp3) is 0.500. The highest BCUT2D eigenvalue weighted by Crippen LogP contribution is 2.26. The highest BCUT2D eigenvalue weighted by molar-refractivity contribution is 7.89. The minimum Gasteiger partial charge on any atom is -0.207 e. The molecule has 1 unspecified atom stereocenters. The first-order valence-corrected chi connectivity index (χ1v) is 7.92. The van der Waals surface area contributed by atoms with Crippen molar-refractivity contribution in [2.75, 3.05) is 6.54 Å². The van der Waals surface area contributed by atoms with Crippen LogP contribution in [0.4, 0.5) is 0 Å². The third-order valence-electron chi connectivity index (χ3n) is 3.51. The van der Waals surface area contributed by atoms with Crippen molar-refractivity contribution in [1.82, 2.24) is 4.31 Å². The molecule has 4 nitrogen and oxygen atoms in total. The maximum Gasteiger partial charge on any atom is 0.244 e. The molecule has 1 aromatic rings. The number of hydrogen-bond acceptors (Lipinski definition) is 3. The van der Waals surface area contributed by atoms with Gasteiger partial charge < -0.3 is 0 Å². The van der Waals surface area contributed by atoms with Gasteiger partial charge in [0.2, 0.25) is 10.0 Å². The van der Waals surface area contributed by atoms with E-state index in [9.17, 15) is 8.42 Å². The van der Waals surface area contributed by atoms with Crippen molar-refractivity contribution in [3.05, 3.63) is 29.8 Å². The molecule has 0 amide bonds. The van der Waals surface area contributed by atoms with Crippen LogP contribution in [0.25, 0.3) is 0 Å². The summed E-state index contributed by atoms with van der Waals surface area (Å²) in [6, 6.07) is 8.50. The van der Waals surface area contributed by atoms with E-state index in [1.54, 1.807) is 12.1 Å². The monoisotopic (exact) mass is 278 g/mol. The van der Waals surface area contributed by atoms with Gasteiger partial charge in [0.05, 0.1) is 11.0 Å². The second-order valence-corrected chi connectivity index (χ2v) is 7.02. The molecule has 5 heteroatoms. The van der Waals surface area contributed by atoms with Crippen LogP contribution in [0.2, 0.25) is 0 Å². The van der Waals surface area contributed by atoms with Gasteiger partial charge in [-0.3, -0.25) is 0 Å². The molecule has 102 valence electrons. The summed E-state index contributed by atoms with van der Waals surface area (Å²) in [7, 11) is -3.53. The molecular formula is C14H18N2O2S. The van der Waals surface area contributed by atoms with Crippen molar-refractivity contribution < 1.29 is 8.42 Å². The molecule has 1 atom stereocenters. The lowest BCUT2D eigenvalue weighted by atomic mass is 10.0. The lowest BCUT2D eigenvalue weighted by Gasteiger charge is -2.19. The van der Waals surface area contributed by atoms with Crippen LogP contribution in [0.3, 0.4) is 0 Å². The van der Waals surface area contributed by atoms with E-state index in [0.717, 1.165) is 12.0 Å². The van der Waals surface area contributed by atoms with Gasteiger partial charge in [-0.05, 0) is 36.5 Å². The summed E-state index contributed by atoms with van der Waals surface area (Å²) in [4.78, 5) is 0.277. The first-order valence-electron chi connectivity index (χ1n) is 6.48. The van der Waals surface area contributed by atoms with Crippen LogP contribution in [0.5, 0.6) is 0 Å². The fourth-order valence-electron chi connectivity index (χ4n) is 2.32. The Morgan fingerprint density at radius 2 is 1.95 bits per heavy atom. The zero-order valence-electron chi connectivity index (χ0n) is 11.2. The smallest absolute Gasteiger partial charge is 0.207 e. The standard InChI is InChI=1S/C14H18N2O2S/c1-11(2)12-5-7-14(8-6-12)19(17,18)16-9-3-4-13(16)10-15/h5-8,11,13H,3-4,9H2,1-2H3. The fourth-order valence-corrected chi connectivity index (χ4v) is 3.92. The van der Waals surface area contributed by atoms with Crippen molar-refractivity contribution in [3.8, 4) is 6.07 Å². The molecule has 1 fully saturated rings. The summed E-state index contributed by atoms with van der Waals surface area (Å²) < 4.78 is 26.2. The number of hydrogen-bond donors (Lipinski definition) is 0. The Balaban J connectivity index is 2.32. The Bertz CT molecular complexity index is 585. The Morgan fingerprint density at radius 3 is 2.47 bits per heavy atom. The summed E-state index contributed by atoms with van der Waals surface area (Å²) >= 11 is 0. The van der Waals surface area contributed by atoms with Gasteiger partial charge in [0, 0.05) is 6.54 Å². The second kappa shape index (κ2) is 5.32. The molecule has 1 heterocycles. The van der Waals surface area contributed by atoms with Crippen molar-refractivity contribution in [1.29, 1.82) is 5.26 Å². The van der Waals surface area contributed by atoms with Crippen LogP contribution in [0.15, 0.2) is 29.2 Å². The van der Waals surface area contributed by atoms with Gasteiger partial charge in [0.1, 0.15) is 6.04 Å². The molecule has 1 aliphatic rings. The molecule has 0 aliphatic carbocycles. The average molecular weight is 278 g/mol. The lowest BCUT2D eigenvalue weighted by molar-refractivity contribution is 0.437. The molecule has 0 spiro atoms. The van der Waals surface area contributed by atoms with Crippen molar-refractivity contribution in [2.45, 2.75) is 43.5 Å². The highest BCUT2D eigenvalue weighted by Gasteiger charge is 2.35. The predicted molar refractivity (Wildman–Crippen MR) is 73.1 cm³/mol. The molecule has 1 aliphatic heterocycles. The SMILES string of the molecule is CC(C)c1ccc(S(=O)(=O)N2CCCC2C#N)cc1. The first-order chi connectivity index (χ1) is 8.96. The van der Waals surface area contributed by atoms with E-state index in [1.807, 2.05) is 12.1 Å². The molecule has 1 saturated heterocycles. The minimum absolute atomic E-state index is 0.277. The van der Waals surface area contributed by atoms with E-state index < -0.39 is 16.1 Å². The Morgan fingerprint density at radius 1 is 1.32 bits per heavy atom. The molecule has 1 aromatic carbocycles.